The smallest absolute Gasteiger partial charge is 0.339 e. The Bertz CT molecular complexity index is 573. The van der Waals surface area contributed by atoms with Gasteiger partial charge in [-0.2, -0.15) is 5.10 Å². The van der Waals surface area contributed by atoms with Crippen LogP contribution in [-0.4, -0.2) is 32.4 Å². The monoisotopic (exact) mass is 264 g/mol. The molecule has 0 spiro atoms. The summed E-state index contributed by atoms with van der Waals surface area (Å²) in [6.07, 6.45) is 2.37. The van der Waals surface area contributed by atoms with Crippen LogP contribution in [0.3, 0.4) is 0 Å². The number of carboxylic acid groups (broad SMARTS) is 1. The fourth-order valence-electron chi connectivity index (χ4n) is 1.75. The first-order valence-electron chi connectivity index (χ1n) is 5.94. The summed E-state index contributed by atoms with van der Waals surface area (Å²) in [5.74, 6) is 0.849. The fraction of sp³-hybridized carbons (Fsp3) is 0.417. The molecule has 0 saturated heterocycles. The van der Waals surface area contributed by atoms with Crippen LogP contribution in [0.5, 0.6) is 0 Å². The van der Waals surface area contributed by atoms with Crippen LogP contribution >= 0.6 is 0 Å². The van der Waals surface area contributed by atoms with Gasteiger partial charge >= 0.3 is 5.97 Å². The summed E-state index contributed by atoms with van der Waals surface area (Å²) in [4.78, 5) is 15.0. The number of nitrogens with zero attached hydrogens (tertiary/aromatic N) is 3. The number of aryl methyl sites for hydroxylation is 2. The van der Waals surface area contributed by atoms with Crippen molar-refractivity contribution in [1.82, 2.24) is 20.1 Å². The van der Waals surface area contributed by atoms with Gasteiger partial charge in [-0.15, -0.1) is 0 Å². The molecule has 7 heteroatoms. The number of hydrogen-bond donors (Lipinski definition) is 2. The average molecular weight is 264 g/mol. The van der Waals surface area contributed by atoms with Crippen LogP contribution in [0, 0.1) is 6.92 Å². The van der Waals surface area contributed by atoms with E-state index in [1.807, 2.05) is 7.05 Å². The molecule has 0 saturated carbocycles. The van der Waals surface area contributed by atoms with Crippen molar-refractivity contribution >= 4 is 5.97 Å². The molecule has 19 heavy (non-hydrogen) atoms. The zero-order valence-electron chi connectivity index (χ0n) is 10.9. The van der Waals surface area contributed by atoms with Gasteiger partial charge in [-0.3, -0.25) is 4.68 Å². The summed E-state index contributed by atoms with van der Waals surface area (Å²) in [5.41, 5.74) is 0.211. The number of carboxylic acids is 1. The minimum Gasteiger partial charge on any atom is -0.478 e. The molecule has 0 radical (unpaired) electrons. The van der Waals surface area contributed by atoms with E-state index in [2.05, 4.69) is 15.4 Å². The van der Waals surface area contributed by atoms with E-state index in [4.69, 9.17) is 9.52 Å². The molecule has 2 aromatic rings. The lowest BCUT2D eigenvalue weighted by Gasteiger charge is -1.99. The molecule has 2 N–H and O–H groups in total. The first-order valence-corrected chi connectivity index (χ1v) is 5.94. The number of rotatable bonds is 6. The Labute approximate surface area is 110 Å². The van der Waals surface area contributed by atoms with Crippen LogP contribution in [0.15, 0.2) is 16.8 Å². The molecule has 0 aliphatic heterocycles. The highest BCUT2D eigenvalue weighted by molar-refractivity contribution is 5.88. The molecule has 0 aromatic carbocycles. The van der Waals surface area contributed by atoms with Gasteiger partial charge < -0.3 is 14.8 Å². The molecular formula is C12H16N4O3. The van der Waals surface area contributed by atoms with E-state index in [9.17, 15) is 4.79 Å². The number of carbonyl (C=O) groups is 1. The summed E-state index contributed by atoms with van der Waals surface area (Å²) in [6, 6.07) is 1.55. The van der Waals surface area contributed by atoms with E-state index in [1.165, 1.54) is 0 Å². The van der Waals surface area contributed by atoms with Gasteiger partial charge in [0.1, 0.15) is 23.4 Å². The van der Waals surface area contributed by atoms with Gasteiger partial charge in [-0.1, -0.05) is 0 Å². The van der Waals surface area contributed by atoms with Crippen molar-refractivity contribution in [3.63, 3.8) is 0 Å². The molecule has 2 rings (SSSR count). The molecule has 2 aromatic heterocycles. The van der Waals surface area contributed by atoms with Crippen LogP contribution in [0.1, 0.15) is 27.7 Å². The van der Waals surface area contributed by atoms with Crippen molar-refractivity contribution in [3.05, 3.63) is 35.3 Å². The molecule has 0 atom stereocenters. The van der Waals surface area contributed by atoms with Crippen molar-refractivity contribution in [2.45, 2.75) is 19.9 Å². The van der Waals surface area contributed by atoms with E-state index in [1.54, 1.807) is 24.0 Å². The summed E-state index contributed by atoms with van der Waals surface area (Å²) >= 11 is 0. The molecule has 0 aliphatic carbocycles. The van der Waals surface area contributed by atoms with Crippen molar-refractivity contribution in [2.24, 2.45) is 7.05 Å². The lowest BCUT2D eigenvalue weighted by Crippen LogP contribution is -2.17. The van der Waals surface area contributed by atoms with E-state index in [-0.39, 0.29) is 5.56 Å². The van der Waals surface area contributed by atoms with Crippen LogP contribution in [0.4, 0.5) is 0 Å². The quantitative estimate of drug-likeness (QED) is 0.748. The minimum atomic E-state index is -0.967. The number of aromatic nitrogens is 3. The second kappa shape index (κ2) is 5.66. The Balaban J connectivity index is 1.79. The Kier molecular flexibility index (Phi) is 3.96. The van der Waals surface area contributed by atoms with Crippen molar-refractivity contribution < 1.29 is 14.3 Å². The van der Waals surface area contributed by atoms with Gasteiger partial charge in [-0.25, -0.2) is 9.78 Å². The van der Waals surface area contributed by atoms with Gasteiger partial charge in [0.25, 0.3) is 0 Å². The molecule has 0 aliphatic rings. The van der Waals surface area contributed by atoms with Gasteiger partial charge in [0.15, 0.2) is 5.82 Å². The van der Waals surface area contributed by atoms with E-state index in [0.29, 0.717) is 31.0 Å². The number of aromatic carboxylic acids is 1. The van der Waals surface area contributed by atoms with Crippen LogP contribution in [0.25, 0.3) is 0 Å². The van der Waals surface area contributed by atoms with Gasteiger partial charge in [-0.05, 0) is 13.0 Å². The summed E-state index contributed by atoms with van der Waals surface area (Å²) in [6.45, 7) is 2.83. The Hall–Kier alpha value is -2.15. The maximum atomic E-state index is 10.9. The predicted octanol–water partition coefficient (Wildman–Crippen LogP) is 0.747. The molecule has 0 bridgehead atoms. The zero-order valence-corrected chi connectivity index (χ0v) is 10.9. The maximum Gasteiger partial charge on any atom is 0.339 e. The van der Waals surface area contributed by atoms with Crippen LogP contribution in [-0.2, 0) is 20.0 Å². The number of furan rings is 1. The highest BCUT2D eigenvalue weighted by Crippen LogP contribution is 2.14. The maximum absolute atomic E-state index is 10.9. The number of hydrogen-bond acceptors (Lipinski definition) is 5. The van der Waals surface area contributed by atoms with Crippen LogP contribution < -0.4 is 5.32 Å². The van der Waals surface area contributed by atoms with Crippen molar-refractivity contribution in [1.29, 1.82) is 0 Å². The largest absolute Gasteiger partial charge is 0.478 e. The molecular weight excluding hydrogens is 248 g/mol. The summed E-state index contributed by atoms with van der Waals surface area (Å²) < 4.78 is 7.01. The molecule has 2 heterocycles. The fourth-order valence-corrected chi connectivity index (χ4v) is 1.75. The van der Waals surface area contributed by atoms with Crippen molar-refractivity contribution in [2.75, 3.05) is 6.54 Å². The average Bonchev–Trinajstić information content (AvgIpc) is 2.91. The predicted molar refractivity (Wildman–Crippen MR) is 66.8 cm³/mol. The van der Waals surface area contributed by atoms with Crippen molar-refractivity contribution in [3.8, 4) is 0 Å². The Morgan fingerprint density at radius 3 is 2.95 bits per heavy atom. The highest BCUT2D eigenvalue weighted by atomic mass is 16.4. The SMILES string of the molecule is Cc1oc(CNCCc2ncn(C)n2)cc1C(=O)O. The normalized spacial score (nSPS) is 10.8. The summed E-state index contributed by atoms with van der Waals surface area (Å²) in [7, 11) is 1.82. The molecule has 0 unspecified atom stereocenters. The molecule has 102 valence electrons. The second-order valence-electron chi connectivity index (χ2n) is 4.25. The minimum absolute atomic E-state index is 0.211. The second-order valence-corrected chi connectivity index (χ2v) is 4.25. The lowest BCUT2D eigenvalue weighted by atomic mass is 10.2. The van der Waals surface area contributed by atoms with Gasteiger partial charge in [0.2, 0.25) is 0 Å². The molecule has 7 nitrogen and oxygen atoms in total. The summed E-state index contributed by atoms with van der Waals surface area (Å²) in [5, 5.41) is 16.2. The van der Waals surface area contributed by atoms with E-state index >= 15 is 0 Å². The zero-order chi connectivity index (χ0) is 13.8. The first-order chi connectivity index (χ1) is 9.06. The Morgan fingerprint density at radius 2 is 2.37 bits per heavy atom. The van der Waals surface area contributed by atoms with Crippen LogP contribution in [0.2, 0.25) is 0 Å². The Morgan fingerprint density at radius 1 is 1.58 bits per heavy atom. The standard InChI is InChI=1S/C12H16N4O3/c1-8-10(12(17)18)5-9(19-8)6-13-4-3-11-14-7-16(2)15-11/h5,7,13H,3-4,6H2,1-2H3,(H,17,18). The third kappa shape index (κ3) is 3.41. The lowest BCUT2D eigenvalue weighted by molar-refractivity contribution is 0.0695. The van der Waals surface area contributed by atoms with Gasteiger partial charge in [0, 0.05) is 20.0 Å². The topological polar surface area (TPSA) is 93.2 Å². The highest BCUT2D eigenvalue weighted by Gasteiger charge is 2.13. The number of nitrogens with one attached hydrogen (secondary N) is 1. The van der Waals surface area contributed by atoms with E-state index < -0.39 is 5.97 Å². The first kappa shape index (κ1) is 13.3. The molecule has 0 fully saturated rings. The third-order valence-electron chi connectivity index (χ3n) is 2.67. The molecule has 0 amide bonds. The third-order valence-corrected chi connectivity index (χ3v) is 2.67. The van der Waals surface area contributed by atoms with Gasteiger partial charge in [0.05, 0.1) is 6.54 Å². The van der Waals surface area contributed by atoms with E-state index in [0.717, 1.165) is 5.82 Å².